The van der Waals surface area contributed by atoms with Gasteiger partial charge >= 0.3 is 0 Å². The topological polar surface area (TPSA) is 20.3 Å². The highest BCUT2D eigenvalue weighted by Crippen LogP contribution is 2.20. The van der Waals surface area contributed by atoms with Crippen LogP contribution in [0.1, 0.15) is 33.1 Å². The van der Waals surface area contributed by atoms with E-state index in [0.717, 1.165) is 19.0 Å². The van der Waals surface area contributed by atoms with Gasteiger partial charge in [0.05, 0.1) is 0 Å². The Morgan fingerprint density at radius 2 is 2.09 bits per heavy atom. The lowest BCUT2D eigenvalue weighted by molar-refractivity contribution is -0.137. The molecule has 0 aliphatic carbocycles. The molecule has 11 heavy (non-hydrogen) atoms. The number of hydrogen-bond acceptors (Lipinski definition) is 1. The summed E-state index contributed by atoms with van der Waals surface area (Å²) in [7, 11) is 0. The van der Waals surface area contributed by atoms with Crippen molar-refractivity contribution in [3.63, 3.8) is 0 Å². The Hall–Kier alpha value is -0.530. The molecular weight excluding hydrogens is 138 g/mol. The second-order valence-electron chi connectivity index (χ2n) is 3.31. The van der Waals surface area contributed by atoms with Gasteiger partial charge in [0, 0.05) is 19.5 Å². The fraction of sp³-hybridized carbons (Fsp3) is 0.889. The number of nitrogens with zero attached hydrogens (tertiary/aromatic N) is 1. The molecule has 1 aliphatic rings. The van der Waals surface area contributed by atoms with Gasteiger partial charge in [-0.3, -0.25) is 4.79 Å². The third kappa shape index (κ3) is 1.95. The van der Waals surface area contributed by atoms with Crippen molar-refractivity contribution in [3.05, 3.63) is 0 Å². The number of hydrogen-bond donors (Lipinski definition) is 0. The number of amides is 1. The number of carbonyl (C=O) groups is 1. The number of likely N-dealkylation sites (tertiary alicyclic amines) is 1. The zero-order valence-electron chi connectivity index (χ0n) is 7.47. The summed E-state index contributed by atoms with van der Waals surface area (Å²) in [6, 6.07) is 0. The van der Waals surface area contributed by atoms with Crippen LogP contribution in [0.25, 0.3) is 0 Å². The van der Waals surface area contributed by atoms with Crippen LogP contribution in [0.2, 0.25) is 0 Å². The molecule has 1 rings (SSSR count). The molecule has 64 valence electrons. The lowest BCUT2D eigenvalue weighted by atomic mass is 9.95. The molecule has 0 bridgehead atoms. The average Bonchev–Trinajstić information content (AvgIpc) is 1.94. The van der Waals surface area contributed by atoms with Gasteiger partial charge in [-0.1, -0.05) is 20.3 Å². The van der Waals surface area contributed by atoms with E-state index in [1.54, 1.807) is 0 Å². The van der Waals surface area contributed by atoms with Crippen LogP contribution in [0.4, 0.5) is 0 Å². The zero-order valence-corrected chi connectivity index (χ0v) is 7.47. The predicted octanol–water partition coefficient (Wildman–Crippen LogP) is 1.65. The molecule has 0 N–H and O–H groups in total. The molecule has 1 aliphatic heterocycles. The molecule has 2 heteroatoms. The van der Waals surface area contributed by atoms with Gasteiger partial charge in [-0.25, -0.2) is 0 Å². The van der Waals surface area contributed by atoms with Gasteiger partial charge in [-0.15, -0.1) is 0 Å². The van der Waals surface area contributed by atoms with Crippen molar-refractivity contribution in [3.8, 4) is 0 Å². The van der Waals surface area contributed by atoms with Gasteiger partial charge in [-0.05, 0) is 12.3 Å². The van der Waals surface area contributed by atoms with Crippen molar-refractivity contribution in [2.75, 3.05) is 13.1 Å². The Morgan fingerprint density at radius 3 is 2.55 bits per heavy atom. The second-order valence-corrected chi connectivity index (χ2v) is 3.31. The van der Waals surface area contributed by atoms with Crippen molar-refractivity contribution in [1.82, 2.24) is 4.90 Å². The first-order valence-corrected chi connectivity index (χ1v) is 4.55. The van der Waals surface area contributed by atoms with Gasteiger partial charge in [0.1, 0.15) is 0 Å². The summed E-state index contributed by atoms with van der Waals surface area (Å²) in [5.41, 5.74) is 0. The maximum atomic E-state index is 11.1. The summed E-state index contributed by atoms with van der Waals surface area (Å²) in [4.78, 5) is 13.0. The smallest absolute Gasteiger partial charge is 0.222 e. The van der Waals surface area contributed by atoms with Crippen molar-refractivity contribution >= 4 is 5.91 Å². The number of rotatable bonds is 3. The van der Waals surface area contributed by atoms with Crippen molar-refractivity contribution < 1.29 is 4.79 Å². The largest absolute Gasteiger partial charge is 0.342 e. The van der Waals surface area contributed by atoms with E-state index in [0.29, 0.717) is 12.3 Å². The molecule has 0 aromatic rings. The van der Waals surface area contributed by atoms with Crippen molar-refractivity contribution in [1.29, 1.82) is 0 Å². The third-order valence-corrected chi connectivity index (χ3v) is 2.31. The average molecular weight is 155 g/mol. The Morgan fingerprint density at radius 1 is 1.45 bits per heavy atom. The molecule has 1 amide bonds. The highest BCUT2D eigenvalue weighted by atomic mass is 16.2. The normalized spacial score (nSPS) is 18.2. The summed E-state index contributed by atoms with van der Waals surface area (Å²) < 4.78 is 0. The highest BCUT2D eigenvalue weighted by Gasteiger charge is 2.28. The Bertz CT molecular complexity index is 138. The second kappa shape index (κ2) is 3.74. The lowest BCUT2D eigenvalue weighted by Crippen LogP contribution is -2.49. The monoisotopic (exact) mass is 155 g/mol. The van der Waals surface area contributed by atoms with E-state index in [4.69, 9.17) is 0 Å². The SMILES string of the molecule is CCCC1CN(C(=O)CC)C1. The number of carbonyl (C=O) groups excluding carboxylic acids is 1. The summed E-state index contributed by atoms with van der Waals surface area (Å²) in [6.45, 7) is 6.15. The van der Waals surface area contributed by atoms with Gasteiger partial charge in [-0.2, -0.15) is 0 Å². The van der Waals surface area contributed by atoms with Crippen LogP contribution < -0.4 is 0 Å². The highest BCUT2D eigenvalue weighted by molar-refractivity contribution is 5.76. The molecular formula is C9H17NO. The maximum Gasteiger partial charge on any atom is 0.222 e. The Balaban J connectivity index is 2.13. The van der Waals surface area contributed by atoms with E-state index in [-0.39, 0.29) is 0 Å². The summed E-state index contributed by atoms with van der Waals surface area (Å²) >= 11 is 0. The molecule has 0 unspecified atom stereocenters. The molecule has 0 atom stereocenters. The van der Waals surface area contributed by atoms with E-state index in [1.807, 2.05) is 11.8 Å². The Labute approximate surface area is 68.6 Å². The molecule has 0 aromatic heterocycles. The van der Waals surface area contributed by atoms with E-state index in [1.165, 1.54) is 12.8 Å². The molecule has 0 saturated carbocycles. The standard InChI is InChI=1S/C9H17NO/c1-3-5-8-6-10(7-8)9(11)4-2/h8H,3-7H2,1-2H3. The summed E-state index contributed by atoms with van der Waals surface area (Å²) in [5, 5.41) is 0. The zero-order chi connectivity index (χ0) is 8.27. The van der Waals surface area contributed by atoms with Gasteiger partial charge in [0.15, 0.2) is 0 Å². The molecule has 1 saturated heterocycles. The van der Waals surface area contributed by atoms with Crippen LogP contribution in [-0.2, 0) is 4.79 Å². The van der Waals surface area contributed by atoms with Crippen molar-refractivity contribution in [2.45, 2.75) is 33.1 Å². The molecule has 0 radical (unpaired) electrons. The van der Waals surface area contributed by atoms with E-state index < -0.39 is 0 Å². The van der Waals surface area contributed by atoms with Gasteiger partial charge < -0.3 is 4.90 Å². The van der Waals surface area contributed by atoms with Crippen LogP contribution in [-0.4, -0.2) is 23.9 Å². The first-order chi connectivity index (χ1) is 5.27. The minimum Gasteiger partial charge on any atom is -0.342 e. The molecule has 0 spiro atoms. The van der Waals surface area contributed by atoms with Crippen LogP contribution >= 0.6 is 0 Å². The molecule has 1 heterocycles. The molecule has 1 fully saturated rings. The van der Waals surface area contributed by atoms with Gasteiger partial charge in [0.25, 0.3) is 0 Å². The van der Waals surface area contributed by atoms with Gasteiger partial charge in [0.2, 0.25) is 5.91 Å². The Kier molecular flexibility index (Phi) is 2.92. The quantitative estimate of drug-likeness (QED) is 0.607. The minimum atomic E-state index is 0.317. The lowest BCUT2D eigenvalue weighted by Gasteiger charge is -2.39. The van der Waals surface area contributed by atoms with E-state index in [9.17, 15) is 4.79 Å². The first-order valence-electron chi connectivity index (χ1n) is 4.55. The van der Waals surface area contributed by atoms with Crippen LogP contribution in [0.5, 0.6) is 0 Å². The van der Waals surface area contributed by atoms with E-state index >= 15 is 0 Å². The summed E-state index contributed by atoms with van der Waals surface area (Å²) in [6.07, 6.45) is 3.20. The first kappa shape index (κ1) is 8.57. The third-order valence-electron chi connectivity index (χ3n) is 2.31. The van der Waals surface area contributed by atoms with Crippen LogP contribution in [0.3, 0.4) is 0 Å². The van der Waals surface area contributed by atoms with Crippen LogP contribution in [0.15, 0.2) is 0 Å². The molecule has 0 aromatic carbocycles. The van der Waals surface area contributed by atoms with E-state index in [2.05, 4.69) is 6.92 Å². The summed E-state index contributed by atoms with van der Waals surface area (Å²) in [5.74, 6) is 1.12. The van der Waals surface area contributed by atoms with Crippen LogP contribution in [0, 0.1) is 5.92 Å². The van der Waals surface area contributed by atoms with Crippen molar-refractivity contribution in [2.24, 2.45) is 5.92 Å². The fourth-order valence-corrected chi connectivity index (χ4v) is 1.59. The minimum absolute atomic E-state index is 0.317. The molecule has 2 nitrogen and oxygen atoms in total. The maximum absolute atomic E-state index is 11.1. The predicted molar refractivity (Wildman–Crippen MR) is 45.3 cm³/mol. The fourth-order valence-electron chi connectivity index (χ4n) is 1.59.